The molecule has 3 aromatic heterocycles. The molecule has 3 N–H and O–H groups in total. The van der Waals surface area contributed by atoms with Gasteiger partial charge in [0, 0.05) is 7.05 Å². The number of primary amides is 1. The maximum absolute atomic E-state index is 12.4. The fourth-order valence-corrected chi connectivity index (χ4v) is 4.31. The molecular weight excluding hydrogens is 418 g/mol. The zero-order chi connectivity index (χ0) is 21.1. The van der Waals surface area contributed by atoms with Gasteiger partial charge in [-0.25, -0.2) is 4.79 Å². The Kier molecular flexibility index (Phi) is 6.03. The molecule has 3 heterocycles. The van der Waals surface area contributed by atoms with E-state index in [1.165, 1.54) is 13.4 Å². The second-order valence-electron chi connectivity index (χ2n) is 5.80. The number of nitrogens with zero attached hydrogens (tertiary/aromatic N) is 3. The number of nitrogens with one attached hydrogen (secondary N) is 1. The second-order valence-corrected chi connectivity index (χ2v) is 7.76. The van der Waals surface area contributed by atoms with Gasteiger partial charge in [-0.3, -0.25) is 9.59 Å². The van der Waals surface area contributed by atoms with Crippen LogP contribution in [0, 0.1) is 6.92 Å². The van der Waals surface area contributed by atoms with Crippen LogP contribution in [0.2, 0.25) is 0 Å². The molecule has 0 radical (unpaired) electrons. The van der Waals surface area contributed by atoms with Gasteiger partial charge in [0.25, 0.3) is 5.91 Å². The third kappa shape index (κ3) is 4.17. The third-order valence-corrected chi connectivity index (χ3v) is 6.16. The van der Waals surface area contributed by atoms with Gasteiger partial charge in [0.15, 0.2) is 16.7 Å². The quantitative estimate of drug-likeness (QED) is 0.424. The van der Waals surface area contributed by atoms with Crippen LogP contribution >= 0.6 is 23.1 Å². The first-order chi connectivity index (χ1) is 13.8. The molecule has 29 heavy (non-hydrogen) atoms. The lowest BCUT2D eigenvalue weighted by Gasteiger charge is -2.06. The number of carbonyl (C=O) groups is 3. The van der Waals surface area contributed by atoms with Crippen molar-refractivity contribution in [3.8, 4) is 11.6 Å². The standard InChI is InChI=1S/C17H17N5O5S2/c1-8-11(16(25)26-3)15(29-12(8)13(18)24)19-10(23)7-28-17-21-20-14(22(17)2)9-5-4-6-27-9/h4-6H,7H2,1-3H3,(H2,18,24)(H,19,23). The van der Waals surface area contributed by atoms with Crippen LogP contribution in [0.15, 0.2) is 28.0 Å². The lowest BCUT2D eigenvalue weighted by molar-refractivity contribution is -0.113. The monoisotopic (exact) mass is 435 g/mol. The summed E-state index contributed by atoms with van der Waals surface area (Å²) in [5, 5.41) is 11.5. The van der Waals surface area contributed by atoms with Crippen molar-refractivity contribution in [2.24, 2.45) is 12.8 Å². The largest absolute Gasteiger partial charge is 0.465 e. The van der Waals surface area contributed by atoms with Crippen LogP contribution in [0.4, 0.5) is 5.00 Å². The molecule has 2 amide bonds. The molecule has 0 aliphatic rings. The Morgan fingerprint density at radius 2 is 2.14 bits per heavy atom. The number of hydrogen-bond donors (Lipinski definition) is 2. The highest BCUT2D eigenvalue weighted by atomic mass is 32.2. The molecule has 152 valence electrons. The van der Waals surface area contributed by atoms with E-state index in [0.29, 0.717) is 22.3 Å². The Balaban J connectivity index is 1.73. The Hall–Kier alpha value is -3.12. The minimum atomic E-state index is -0.683. The molecule has 0 fully saturated rings. The van der Waals surface area contributed by atoms with Crippen LogP contribution in [0.25, 0.3) is 11.6 Å². The van der Waals surface area contributed by atoms with E-state index in [9.17, 15) is 14.4 Å². The van der Waals surface area contributed by atoms with Crippen molar-refractivity contribution in [3.63, 3.8) is 0 Å². The molecule has 0 atom stereocenters. The van der Waals surface area contributed by atoms with E-state index in [1.54, 1.807) is 30.7 Å². The van der Waals surface area contributed by atoms with Gasteiger partial charge < -0.3 is 24.8 Å². The summed E-state index contributed by atoms with van der Waals surface area (Å²) in [4.78, 5) is 36.2. The summed E-state index contributed by atoms with van der Waals surface area (Å²) in [5.74, 6) is -0.631. The molecule has 12 heteroatoms. The summed E-state index contributed by atoms with van der Waals surface area (Å²) in [7, 11) is 2.98. The lowest BCUT2D eigenvalue weighted by Crippen LogP contribution is -2.16. The minimum absolute atomic E-state index is 0.00753. The highest BCUT2D eigenvalue weighted by molar-refractivity contribution is 7.99. The number of nitrogens with two attached hydrogens (primary N) is 1. The van der Waals surface area contributed by atoms with Gasteiger partial charge >= 0.3 is 5.97 Å². The van der Waals surface area contributed by atoms with Crippen molar-refractivity contribution >= 4 is 45.9 Å². The zero-order valence-corrected chi connectivity index (χ0v) is 17.3. The van der Waals surface area contributed by atoms with Gasteiger partial charge in [-0.2, -0.15) is 0 Å². The number of anilines is 1. The predicted octanol–water partition coefficient (Wildman–Crippen LogP) is 2.06. The average molecular weight is 435 g/mol. The first kappa shape index (κ1) is 20.6. The molecule has 0 unspecified atom stereocenters. The predicted molar refractivity (Wildman–Crippen MR) is 107 cm³/mol. The Labute approximate surface area is 173 Å². The van der Waals surface area contributed by atoms with Crippen LogP contribution < -0.4 is 11.1 Å². The fourth-order valence-electron chi connectivity index (χ4n) is 2.54. The maximum Gasteiger partial charge on any atom is 0.341 e. The molecule has 0 saturated carbocycles. The number of methoxy groups -OCH3 is 1. The summed E-state index contributed by atoms with van der Waals surface area (Å²) in [5.41, 5.74) is 5.82. The number of thiophene rings is 1. The summed E-state index contributed by atoms with van der Waals surface area (Å²) >= 11 is 2.09. The first-order valence-electron chi connectivity index (χ1n) is 8.20. The van der Waals surface area contributed by atoms with E-state index < -0.39 is 11.9 Å². The summed E-state index contributed by atoms with van der Waals surface area (Å²) in [6.45, 7) is 1.57. The third-order valence-electron chi connectivity index (χ3n) is 3.92. The van der Waals surface area contributed by atoms with Crippen molar-refractivity contribution in [2.45, 2.75) is 12.1 Å². The van der Waals surface area contributed by atoms with Crippen molar-refractivity contribution in [3.05, 3.63) is 34.4 Å². The zero-order valence-electron chi connectivity index (χ0n) is 15.7. The molecule has 0 aliphatic carbocycles. The van der Waals surface area contributed by atoms with E-state index in [-0.39, 0.29) is 27.1 Å². The van der Waals surface area contributed by atoms with Crippen LogP contribution in [0.1, 0.15) is 25.6 Å². The van der Waals surface area contributed by atoms with Crippen molar-refractivity contribution < 1.29 is 23.5 Å². The summed E-state index contributed by atoms with van der Waals surface area (Å²) < 4.78 is 11.8. The van der Waals surface area contributed by atoms with Gasteiger partial charge in [-0.05, 0) is 24.6 Å². The Morgan fingerprint density at radius 3 is 2.76 bits per heavy atom. The average Bonchev–Trinajstić information content (AvgIpc) is 3.39. The summed E-state index contributed by atoms with van der Waals surface area (Å²) in [6.07, 6.45) is 1.53. The number of aromatic nitrogens is 3. The van der Waals surface area contributed by atoms with Gasteiger partial charge in [-0.1, -0.05) is 11.8 Å². The molecule has 0 aromatic carbocycles. The van der Waals surface area contributed by atoms with Gasteiger partial charge in [0.2, 0.25) is 5.91 Å². The van der Waals surface area contributed by atoms with E-state index in [1.807, 2.05) is 0 Å². The smallest absolute Gasteiger partial charge is 0.341 e. The molecule has 3 aromatic rings. The maximum atomic E-state index is 12.4. The van der Waals surface area contributed by atoms with Crippen LogP contribution in [-0.4, -0.2) is 45.4 Å². The van der Waals surface area contributed by atoms with Crippen molar-refractivity contribution in [1.82, 2.24) is 14.8 Å². The van der Waals surface area contributed by atoms with Gasteiger partial charge in [-0.15, -0.1) is 21.5 Å². The van der Waals surface area contributed by atoms with E-state index in [2.05, 4.69) is 15.5 Å². The van der Waals surface area contributed by atoms with Crippen LogP contribution in [0.3, 0.4) is 0 Å². The number of esters is 1. The summed E-state index contributed by atoms with van der Waals surface area (Å²) in [6, 6.07) is 3.50. The topological polar surface area (TPSA) is 142 Å². The van der Waals surface area contributed by atoms with Crippen LogP contribution in [0.5, 0.6) is 0 Å². The number of thioether (sulfide) groups is 1. The highest BCUT2D eigenvalue weighted by Gasteiger charge is 2.25. The Bertz CT molecular complexity index is 1070. The SMILES string of the molecule is COC(=O)c1c(NC(=O)CSc2nnc(-c3ccco3)n2C)sc(C(N)=O)c1C. The normalized spacial score (nSPS) is 10.7. The van der Waals surface area contributed by atoms with E-state index in [0.717, 1.165) is 23.1 Å². The minimum Gasteiger partial charge on any atom is -0.465 e. The number of ether oxygens (including phenoxy) is 1. The number of amides is 2. The molecule has 10 nitrogen and oxygen atoms in total. The first-order valence-corrected chi connectivity index (χ1v) is 10.0. The lowest BCUT2D eigenvalue weighted by atomic mass is 10.1. The molecule has 0 saturated heterocycles. The second kappa shape index (κ2) is 8.49. The number of carbonyl (C=O) groups excluding carboxylic acids is 3. The Morgan fingerprint density at radius 1 is 1.38 bits per heavy atom. The molecular formula is C17H17N5O5S2. The van der Waals surface area contributed by atoms with Crippen molar-refractivity contribution in [1.29, 1.82) is 0 Å². The number of rotatable bonds is 7. The molecule has 3 rings (SSSR count). The molecule has 0 spiro atoms. The van der Waals surface area contributed by atoms with Crippen LogP contribution in [-0.2, 0) is 16.6 Å². The van der Waals surface area contributed by atoms with Crippen molar-refractivity contribution in [2.75, 3.05) is 18.2 Å². The fraction of sp³-hybridized carbons (Fsp3) is 0.235. The van der Waals surface area contributed by atoms with E-state index >= 15 is 0 Å². The van der Waals surface area contributed by atoms with Gasteiger partial charge in [0.1, 0.15) is 5.00 Å². The number of hydrogen-bond acceptors (Lipinski definition) is 9. The molecule has 0 aliphatic heterocycles. The van der Waals surface area contributed by atoms with Gasteiger partial charge in [0.05, 0.1) is 29.6 Å². The van der Waals surface area contributed by atoms with E-state index in [4.69, 9.17) is 14.9 Å². The number of furan rings is 1. The molecule has 0 bridgehead atoms. The highest BCUT2D eigenvalue weighted by Crippen LogP contribution is 2.33.